The monoisotopic (exact) mass is 518 g/mol. The van der Waals surface area contributed by atoms with E-state index >= 15 is 0 Å². The van der Waals surface area contributed by atoms with Gasteiger partial charge in [0.15, 0.2) is 0 Å². The average Bonchev–Trinajstić information content (AvgIpc) is 2.79. The second kappa shape index (κ2) is 10.1. The minimum atomic E-state index is -4.71. The molecular weight excluding hydrogens is 493 g/mol. The van der Waals surface area contributed by atoms with Crippen LogP contribution >= 0.6 is 11.6 Å². The van der Waals surface area contributed by atoms with E-state index in [1.54, 1.807) is 18.2 Å². The summed E-state index contributed by atoms with van der Waals surface area (Å²) in [5.74, 6) is -1.23. The van der Waals surface area contributed by atoms with Crippen LogP contribution in [0.15, 0.2) is 41.3 Å². The van der Waals surface area contributed by atoms with Crippen molar-refractivity contribution in [3.63, 3.8) is 0 Å². The summed E-state index contributed by atoms with van der Waals surface area (Å²) in [5.41, 5.74) is -0.676. The van der Waals surface area contributed by atoms with Crippen LogP contribution in [0.1, 0.15) is 43.7 Å². The van der Waals surface area contributed by atoms with E-state index < -0.39 is 39.3 Å². The third-order valence-corrected chi connectivity index (χ3v) is 7.89. The van der Waals surface area contributed by atoms with Crippen molar-refractivity contribution in [1.82, 2.24) is 4.31 Å². The topological polar surface area (TPSA) is 75.7 Å². The molecule has 34 heavy (non-hydrogen) atoms. The Morgan fingerprint density at radius 3 is 2.53 bits per heavy atom. The van der Waals surface area contributed by atoms with E-state index in [1.165, 1.54) is 17.5 Å². The van der Waals surface area contributed by atoms with Crippen molar-refractivity contribution in [3.05, 3.63) is 52.5 Å². The van der Waals surface area contributed by atoms with Gasteiger partial charge in [-0.05, 0) is 54.7 Å². The molecule has 11 heteroatoms. The third-order valence-electron chi connectivity index (χ3n) is 5.77. The number of piperidine rings is 1. The minimum absolute atomic E-state index is 0.000632. The molecule has 0 saturated carbocycles. The van der Waals surface area contributed by atoms with E-state index in [0.717, 1.165) is 17.7 Å². The highest BCUT2D eigenvalue weighted by atomic mass is 35.5. The van der Waals surface area contributed by atoms with Crippen LogP contribution in [0.2, 0.25) is 5.02 Å². The maximum absolute atomic E-state index is 13.4. The third kappa shape index (κ3) is 5.67. The number of alkyl halides is 3. The summed E-state index contributed by atoms with van der Waals surface area (Å²) < 4.78 is 73.5. The fraction of sp³-hybridized carbons (Fsp3) is 0.435. The predicted molar refractivity (Wildman–Crippen MR) is 124 cm³/mol. The summed E-state index contributed by atoms with van der Waals surface area (Å²) in [6.45, 7) is 3.91. The molecule has 2 aromatic carbocycles. The molecule has 1 aliphatic rings. The zero-order valence-electron chi connectivity index (χ0n) is 18.9. The molecule has 1 fully saturated rings. The molecule has 3 rings (SSSR count). The smallest absolute Gasteiger partial charge is 0.418 e. The van der Waals surface area contributed by atoms with Gasteiger partial charge in [0.25, 0.3) is 0 Å². The second-order valence-corrected chi connectivity index (χ2v) is 10.8. The quantitative estimate of drug-likeness (QED) is 0.545. The first-order chi connectivity index (χ1) is 15.8. The Kier molecular flexibility index (Phi) is 7.84. The summed E-state index contributed by atoms with van der Waals surface area (Å²) in [5, 5.41) is 2.20. The van der Waals surface area contributed by atoms with Crippen LogP contribution in [-0.2, 0) is 21.0 Å². The lowest BCUT2D eigenvalue weighted by atomic mass is 9.98. The molecule has 1 heterocycles. The Bertz CT molecular complexity index is 1170. The van der Waals surface area contributed by atoms with Crippen LogP contribution in [0, 0.1) is 5.92 Å². The molecule has 1 saturated heterocycles. The number of ether oxygens (including phenoxy) is 1. The Morgan fingerprint density at radius 1 is 1.21 bits per heavy atom. The van der Waals surface area contributed by atoms with Gasteiger partial charge in [0.1, 0.15) is 10.6 Å². The van der Waals surface area contributed by atoms with Crippen LogP contribution in [0.5, 0.6) is 5.75 Å². The fourth-order valence-corrected chi connectivity index (χ4v) is 5.75. The number of rotatable bonds is 6. The predicted octanol–water partition coefficient (Wildman–Crippen LogP) is 5.53. The summed E-state index contributed by atoms with van der Waals surface area (Å²) in [7, 11) is -2.63. The number of anilines is 1. The van der Waals surface area contributed by atoms with E-state index in [4.69, 9.17) is 16.3 Å². The molecule has 0 radical (unpaired) electrons. The van der Waals surface area contributed by atoms with Crippen molar-refractivity contribution in [2.75, 3.05) is 25.5 Å². The number of hydrogen-bond acceptors (Lipinski definition) is 4. The Hall–Kier alpha value is -2.30. The van der Waals surface area contributed by atoms with Crippen molar-refractivity contribution >= 4 is 33.2 Å². The van der Waals surface area contributed by atoms with Gasteiger partial charge >= 0.3 is 6.18 Å². The maximum atomic E-state index is 13.4. The van der Waals surface area contributed by atoms with Gasteiger partial charge in [0, 0.05) is 18.1 Å². The number of amides is 1. The second-order valence-electron chi connectivity index (χ2n) is 8.44. The van der Waals surface area contributed by atoms with E-state index in [0.29, 0.717) is 12.8 Å². The first-order valence-electron chi connectivity index (χ1n) is 10.7. The zero-order chi connectivity index (χ0) is 25.3. The summed E-state index contributed by atoms with van der Waals surface area (Å²) in [6.07, 6.45) is -3.99. The van der Waals surface area contributed by atoms with E-state index in [9.17, 15) is 26.4 Å². The zero-order valence-corrected chi connectivity index (χ0v) is 20.5. The van der Waals surface area contributed by atoms with Crippen molar-refractivity contribution < 1.29 is 31.1 Å². The number of carbonyl (C=O) groups excluding carboxylic acids is 1. The number of methoxy groups -OCH3 is 1. The fourth-order valence-electron chi connectivity index (χ4n) is 3.86. The molecule has 1 aliphatic heterocycles. The molecule has 1 atom stereocenters. The van der Waals surface area contributed by atoms with Crippen LogP contribution in [0.3, 0.4) is 0 Å². The Balaban J connectivity index is 1.85. The summed E-state index contributed by atoms with van der Waals surface area (Å²) >= 11 is 5.69. The number of nitrogens with zero attached hydrogens (tertiary/aromatic N) is 1. The SMILES string of the molecule is COc1ccc(C(C)C)cc1S(=O)(=O)N1CCC[C@@H](C(=O)Nc2ccc(Cl)cc2C(F)(F)F)C1. The number of nitrogens with one attached hydrogen (secondary N) is 1. The largest absolute Gasteiger partial charge is 0.495 e. The summed E-state index contributed by atoms with van der Waals surface area (Å²) in [4.78, 5) is 12.8. The molecule has 1 amide bonds. The Morgan fingerprint density at radius 2 is 1.91 bits per heavy atom. The summed E-state index contributed by atoms with van der Waals surface area (Å²) in [6, 6.07) is 8.02. The number of sulfonamides is 1. The van der Waals surface area contributed by atoms with Gasteiger partial charge in [-0.25, -0.2) is 8.42 Å². The highest BCUT2D eigenvalue weighted by Gasteiger charge is 2.37. The first kappa shape index (κ1) is 26.3. The highest BCUT2D eigenvalue weighted by Crippen LogP contribution is 2.37. The molecule has 0 aromatic heterocycles. The van der Waals surface area contributed by atoms with Crippen LogP contribution in [-0.4, -0.2) is 38.8 Å². The van der Waals surface area contributed by atoms with Crippen LogP contribution in [0.4, 0.5) is 18.9 Å². The molecule has 0 spiro atoms. The average molecular weight is 519 g/mol. The normalized spacial score (nSPS) is 17.6. The maximum Gasteiger partial charge on any atom is 0.418 e. The standard InChI is InChI=1S/C23H26ClF3N2O4S/c1-14(2)15-6-9-20(33-3)21(11-15)34(31,32)29-10-4-5-16(13-29)22(30)28-19-8-7-17(24)12-18(19)23(25,26)27/h6-9,11-12,14,16H,4-5,10,13H2,1-3H3,(H,28,30)/t16-/m1/s1. The number of hydrogen-bond donors (Lipinski definition) is 1. The lowest BCUT2D eigenvalue weighted by Gasteiger charge is -2.32. The number of benzene rings is 2. The molecule has 6 nitrogen and oxygen atoms in total. The van der Waals surface area contributed by atoms with Crippen molar-refractivity contribution in [3.8, 4) is 5.75 Å². The van der Waals surface area contributed by atoms with Gasteiger partial charge in [0.05, 0.1) is 24.3 Å². The lowest BCUT2D eigenvalue weighted by Crippen LogP contribution is -2.43. The molecule has 0 bridgehead atoms. The molecule has 0 unspecified atom stereocenters. The molecule has 0 aliphatic carbocycles. The van der Waals surface area contributed by atoms with Gasteiger partial charge < -0.3 is 10.1 Å². The van der Waals surface area contributed by atoms with Gasteiger partial charge in [-0.3, -0.25) is 4.79 Å². The molecule has 1 N–H and O–H groups in total. The van der Waals surface area contributed by atoms with Crippen LogP contribution in [0.25, 0.3) is 0 Å². The first-order valence-corrected chi connectivity index (χ1v) is 12.5. The van der Waals surface area contributed by atoms with Gasteiger partial charge in [0.2, 0.25) is 15.9 Å². The number of carbonyl (C=O) groups is 1. The van der Waals surface area contributed by atoms with Crippen LogP contribution < -0.4 is 10.1 Å². The minimum Gasteiger partial charge on any atom is -0.495 e. The molecular formula is C23H26ClF3N2O4S. The van der Waals surface area contributed by atoms with Crippen molar-refractivity contribution in [1.29, 1.82) is 0 Å². The van der Waals surface area contributed by atoms with Crippen molar-refractivity contribution in [2.45, 2.75) is 43.7 Å². The Labute approximate surface area is 202 Å². The van der Waals surface area contributed by atoms with E-state index in [1.807, 2.05) is 13.8 Å². The van der Waals surface area contributed by atoms with E-state index in [2.05, 4.69) is 5.32 Å². The van der Waals surface area contributed by atoms with Gasteiger partial charge in [-0.2, -0.15) is 17.5 Å². The van der Waals surface area contributed by atoms with Gasteiger partial charge in [-0.1, -0.05) is 31.5 Å². The van der Waals surface area contributed by atoms with Gasteiger partial charge in [-0.15, -0.1) is 0 Å². The molecule has 2 aromatic rings. The van der Waals surface area contributed by atoms with E-state index in [-0.39, 0.29) is 34.7 Å². The van der Waals surface area contributed by atoms with Crippen molar-refractivity contribution in [2.24, 2.45) is 5.92 Å². The lowest BCUT2D eigenvalue weighted by molar-refractivity contribution is -0.137. The number of halogens is 4. The highest BCUT2D eigenvalue weighted by molar-refractivity contribution is 7.89. The molecule has 186 valence electrons.